The Bertz CT molecular complexity index is 957. The molecule has 138 valence electrons. The van der Waals surface area contributed by atoms with Crippen LogP contribution in [-0.2, 0) is 11.2 Å². The molecular formula is C19H17FN4O3. The van der Waals surface area contributed by atoms with Gasteiger partial charge >= 0.3 is 0 Å². The van der Waals surface area contributed by atoms with Crippen LogP contribution in [0, 0.1) is 5.82 Å². The summed E-state index contributed by atoms with van der Waals surface area (Å²) in [7, 11) is 0. The van der Waals surface area contributed by atoms with Crippen LogP contribution in [0.3, 0.4) is 0 Å². The summed E-state index contributed by atoms with van der Waals surface area (Å²) in [5.41, 5.74) is 5.27. The first kappa shape index (κ1) is 18.1. The molecule has 7 nitrogen and oxygen atoms in total. The zero-order valence-electron chi connectivity index (χ0n) is 14.2. The van der Waals surface area contributed by atoms with Crippen molar-refractivity contribution in [3.05, 3.63) is 77.9 Å². The van der Waals surface area contributed by atoms with E-state index in [0.29, 0.717) is 11.3 Å². The quantitative estimate of drug-likeness (QED) is 0.601. The van der Waals surface area contributed by atoms with E-state index in [9.17, 15) is 19.1 Å². The maximum absolute atomic E-state index is 13.5. The van der Waals surface area contributed by atoms with Crippen molar-refractivity contribution in [2.24, 2.45) is 0 Å². The molecule has 0 fully saturated rings. The number of carbonyl (C=O) groups is 2. The van der Waals surface area contributed by atoms with Crippen molar-refractivity contribution in [2.45, 2.75) is 12.8 Å². The smallest absolute Gasteiger partial charge is 0.294 e. The lowest BCUT2D eigenvalue weighted by Gasteiger charge is -2.07. The average molecular weight is 368 g/mol. The number of aromatic hydroxyl groups is 1. The summed E-state index contributed by atoms with van der Waals surface area (Å²) in [4.78, 5) is 24.0. The fraction of sp³-hybridized carbons (Fsp3) is 0.105. The molecule has 0 unspecified atom stereocenters. The second-order valence-corrected chi connectivity index (χ2v) is 5.74. The minimum absolute atomic E-state index is 0.00828. The Morgan fingerprint density at radius 2 is 1.74 bits per heavy atom. The van der Waals surface area contributed by atoms with Gasteiger partial charge in [0, 0.05) is 6.42 Å². The van der Waals surface area contributed by atoms with E-state index in [2.05, 4.69) is 16.0 Å². The second-order valence-electron chi connectivity index (χ2n) is 5.74. The van der Waals surface area contributed by atoms with Gasteiger partial charge in [-0.15, -0.1) is 0 Å². The van der Waals surface area contributed by atoms with Gasteiger partial charge in [-0.1, -0.05) is 36.4 Å². The van der Waals surface area contributed by atoms with Gasteiger partial charge in [0.25, 0.3) is 5.91 Å². The van der Waals surface area contributed by atoms with Crippen molar-refractivity contribution in [1.29, 1.82) is 0 Å². The third-order valence-corrected chi connectivity index (χ3v) is 3.83. The first-order valence-corrected chi connectivity index (χ1v) is 8.21. The van der Waals surface area contributed by atoms with Gasteiger partial charge in [0.2, 0.25) is 5.91 Å². The molecule has 1 heterocycles. The highest BCUT2D eigenvalue weighted by Crippen LogP contribution is 2.17. The molecule has 3 N–H and O–H groups in total. The van der Waals surface area contributed by atoms with Crippen molar-refractivity contribution in [3.8, 4) is 11.4 Å². The summed E-state index contributed by atoms with van der Waals surface area (Å²) in [6.07, 6.45) is 1.48. The molecule has 0 aliphatic heterocycles. The van der Waals surface area contributed by atoms with Crippen molar-refractivity contribution in [3.63, 3.8) is 0 Å². The Morgan fingerprint density at radius 3 is 2.48 bits per heavy atom. The largest absolute Gasteiger partial charge is 0.504 e. The summed E-state index contributed by atoms with van der Waals surface area (Å²) < 4.78 is 14.9. The van der Waals surface area contributed by atoms with E-state index >= 15 is 0 Å². The standard InChI is InChI=1S/C19H17FN4O3/c20-15-9-5-4-6-13(15)10-11-17(26)21-22-19(27)18-16(25)12-24(23-18)14-7-2-1-3-8-14/h1-9,12,25H,10-11H2,(H,21,26)(H,22,27). The van der Waals surface area contributed by atoms with E-state index in [1.54, 1.807) is 42.5 Å². The normalized spacial score (nSPS) is 10.4. The number of rotatable bonds is 5. The van der Waals surface area contributed by atoms with E-state index in [1.807, 2.05) is 6.07 Å². The van der Waals surface area contributed by atoms with Gasteiger partial charge in [0.05, 0.1) is 11.9 Å². The van der Waals surface area contributed by atoms with Gasteiger partial charge < -0.3 is 5.11 Å². The van der Waals surface area contributed by atoms with Gasteiger partial charge in [-0.2, -0.15) is 5.10 Å². The molecule has 0 radical (unpaired) electrons. The Morgan fingerprint density at radius 1 is 1.04 bits per heavy atom. The Kier molecular flexibility index (Phi) is 5.46. The van der Waals surface area contributed by atoms with Gasteiger partial charge in [-0.05, 0) is 30.2 Å². The highest BCUT2D eigenvalue weighted by molar-refractivity contribution is 5.95. The molecule has 0 aliphatic carbocycles. The van der Waals surface area contributed by atoms with E-state index in [4.69, 9.17) is 0 Å². The van der Waals surface area contributed by atoms with E-state index in [-0.39, 0.29) is 30.1 Å². The maximum atomic E-state index is 13.5. The zero-order chi connectivity index (χ0) is 19.2. The topological polar surface area (TPSA) is 96.3 Å². The number of carbonyl (C=O) groups excluding carboxylic acids is 2. The lowest BCUT2D eigenvalue weighted by molar-refractivity contribution is -0.121. The van der Waals surface area contributed by atoms with Crippen LogP contribution in [0.25, 0.3) is 5.69 Å². The number of aromatic nitrogens is 2. The number of halogens is 1. The van der Waals surface area contributed by atoms with Crippen LogP contribution < -0.4 is 10.9 Å². The Hall–Kier alpha value is -3.68. The van der Waals surface area contributed by atoms with Crippen LogP contribution in [0.1, 0.15) is 22.5 Å². The zero-order valence-corrected chi connectivity index (χ0v) is 14.2. The number of benzene rings is 2. The number of hydrogen-bond acceptors (Lipinski definition) is 4. The minimum Gasteiger partial charge on any atom is -0.504 e. The Labute approximate surface area is 154 Å². The summed E-state index contributed by atoms with van der Waals surface area (Å²) in [6.45, 7) is 0. The second kappa shape index (κ2) is 8.13. The molecule has 0 atom stereocenters. The van der Waals surface area contributed by atoms with Crippen LogP contribution in [0.5, 0.6) is 5.75 Å². The molecule has 0 bridgehead atoms. The average Bonchev–Trinajstić information content (AvgIpc) is 3.08. The van der Waals surface area contributed by atoms with Crippen molar-refractivity contribution >= 4 is 11.8 Å². The third-order valence-electron chi connectivity index (χ3n) is 3.83. The monoisotopic (exact) mass is 368 g/mol. The molecule has 2 aromatic carbocycles. The third kappa shape index (κ3) is 4.49. The van der Waals surface area contributed by atoms with Crippen LogP contribution in [0.15, 0.2) is 60.8 Å². The molecule has 0 spiro atoms. The van der Waals surface area contributed by atoms with Gasteiger partial charge in [-0.25, -0.2) is 9.07 Å². The highest BCUT2D eigenvalue weighted by Gasteiger charge is 2.17. The summed E-state index contributed by atoms with van der Waals surface area (Å²) in [5.74, 6) is -1.96. The first-order chi connectivity index (χ1) is 13.0. The molecule has 0 saturated carbocycles. The number of aryl methyl sites for hydroxylation is 1. The van der Waals surface area contributed by atoms with E-state index in [0.717, 1.165) is 0 Å². The Balaban J connectivity index is 1.55. The van der Waals surface area contributed by atoms with E-state index in [1.165, 1.54) is 16.9 Å². The van der Waals surface area contributed by atoms with Gasteiger partial charge in [0.15, 0.2) is 11.4 Å². The molecule has 0 aliphatic rings. The number of para-hydroxylation sites is 1. The van der Waals surface area contributed by atoms with Crippen molar-refractivity contribution < 1.29 is 19.1 Å². The van der Waals surface area contributed by atoms with Gasteiger partial charge in [0.1, 0.15) is 5.82 Å². The lowest BCUT2D eigenvalue weighted by Crippen LogP contribution is -2.42. The van der Waals surface area contributed by atoms with Crippen LogP contribution in [0.4, 0.5) is 4.39 Å². The molecule has 3 rings (SSSR count). The summed E-state index contributed by atoms with van der Waals surface area (Å²) >= 11 is 0. The van der Waals surface area contributed by atoms with Crippen LogP contribution >= 0.6 is 0 Å². The predicted molar refractivity (Wildman–Crippen MR) is 95.6 cm³/mol. The molecule has 1 aromatic heterocycles. The predicted octanol–water partition coefficient (Wildman–Crippen LogP) is 2.11. The molecular weight excluding hydrogens is 351 g/mol. The SMILES string of the molecule is O=C(CCc1ccccc1F)NNC(=O)c1nn(-c2ccccc2)cc1O. The van der Waals surface area contributed by atoms with Crippen molar-refractivity contribution in [2.75, 3.05) is 0 Å². The van der Waals surface area contributed by atoms with Crippen LogP contribution in [-0.4, -0.2) is 26.7 Å². The fourth-order valence-electron chi connectivity index (χ4n) is 2.44. The number of amides is 2. The summed E-state index contributed by atoms with van der Waals surface area (Å²) in [6, 6.07) is 15.1. The lowest BCUT2D eigenvalue weighted by atomic mass is 10.1. The minimum atomic E-state index is -0.763. The summed E-state index contributed by atoms with van der Waals surface area (Å²) in [5, 5.41) is 13.9. The number of hydrogen-bond donors (Lipinski definition) is 3. The number of nitrogens with zero attached hydrogens (tertiary/aromatic N) is 2. The molecule has 27 heavy (non-hydrogen) atoms. The molecule has 2 amide bonds. The first-order valence-electron chi connectivity index (χ1n) is 8.21. The van der Waals surface area contributed by atoms with Crippen molar-refractivity contribution in [1.82, 2.24) is 20.6 Å². The molecule has 8 heteroatoms. The fourth-order valence-corrected chi connectivity index (χ4v) is 2.44. The number of nitrogens with one attached hydrogen (secondary N) is 2. The highest BCUT2D eigenvalue weighted by atomic mass is 19.1. The van der Waals surface area contributed by atoms with Gasteiger partial charge in [-0.3, -0.25) is 20.4 Å². The number of hydrazine groups is 1. The molecule has 3 aromatic rings. The van der Waals surface area contributed by atoms with Crippen LogP contribution in [0.2, 0.25) is 0 Å². The maximum Gasteiger partial charge on any atom is 0.294 e. The van der Waals surface area contributed by atoms with E-state index < -0.39 is 11.8 Å². The molecule has 0 saturated heterocycles.